The van der Waals surface area contributed by atoms with Gasteiger partial charge in [0.2, 0.25) is 11.6 Å². The number of ether oxygens (including phenoxy) is 1. The lowest BCUT2D eigenvalue weighted by molar-refractivity contribution is -0.132. The third-order valence-corrected chi connectivity index (χ3v) is 4.09. The van der Waals surface area contributed by atoms with Crippen LogP contribution in [0.15, 0.2) is 6.07 Å². The van der Waals surface area contributed by atoms with E-state index in [1.807, 2.05) is 0 Å². The van der Waals surface area contributed by atoms with Crippen LogP contribution in [0.2, 0.25) is 0 Å². The van der Waals surface area contributed by atoms with E-state index in [0.717, 1.165) is 25.7 Å². The molecule has 0 N–H and O–H groups in total. The molecule has 0 heterocycles. The zero-order valence-corrected chi connectivity index (χ0v) is 12.9. The fourth-order valence-corrected chi connectivity index (χ4v) is 2.78. The van der Waals surface area contributed by atoms with Crippen LogP contribution in [0.5, 0.6) is 5.75 Å². The Morgan fingerprint density at radius 3 is 2.26 bits per heavy atom. The fourth-order valence-electron chi connectivity index (χ4n) is 2.78. The molecule has 0 aromatic heterocycles. The number of nitrogens with zero attached hydrogens (tertiary/aromatic N) is 1. The van der Waals surface area contributed by atoms with Gasteiger partial charge in [0.1, 0.15) is 0 Å². The van der Waals surface area contributed by atoms with E-state index in [0.29, 0.717) is 12.5 Å². The molecule has 0 saturated heterocycles. The number of benzene rings is 1. The summed E-state index contributed by atoms with van der Waals surface area (Å²) >= 11 is 0. The maximum Gasteiger partial charge on any atom is 0.260 e. The predicted molar refractivity (Wildman–Crippen MR) is 76.0 cm³/mol. The minimum absolute atomic E-state index is 0.0918. The largest absolute Gasteiger partial charge is 0.477 e. The Hall–Kier alpha value is -1.79. The van der Waals surface area contributed by atoms with Gasteiger partial charge in [-0.2, -0.15) is 8.78 Å². The van der Waals surface area contributed by atoms with Crippen LogP contribution < -0.4 is 4.74 Å². The molecule has 0 atom stereocenters. The van der Waals surface area contributed by atoms with Gasteiger partial charge in [-0.15, -0.1) is 0 Å². The van der Waals surface area contributed by atoms with Crippen LogP contribution in [0.4, 0.5) is 17.6 Å². The van der Waals surface area contributed by atoms with Crippen LogP contribution in [0.3, 0.4) is 0 Å². The van der Waals surface area contributed by atoms with Crippen molar-refractivity contribution in [1.82, 2.24) is 4.90 Å². The van der Waals surface area contributed by atoms with Crippen LogP contribution in [0.1, 0.15) is 32.1 Å². The maximum absolute atomic E-state index is 13.4. The third kappa shape index (κ3) is 4.36. The van der Waals surface area contributed by atoms with E-state index in [4.69, 9.17) is 0 Å². The van der Waals surface area contributed by atoms with Gasteiger partial charge in [-0.1, -0.05) is 19.3 Å². The van der Waals surface area contributed by atoms with E-state index < -0.39 is 41.5 Å². The summed E-state index contributed by atoms with van der Waals surface area (Å²) in [5.74, 6) is -7.74. The second-order valence-corrected chi connectivity index (χ2v) is 5.86. The summed E-state index contributed by atoms with van der Waals surface area (Å²) in [5.41, 5.74) is 0. The van der Waals surface area contributed by atoms with Gasteiger partial charge >= 0.3 is 0 Å². The first-order valence-corrected chi connectivity index (χ1v) is 7.60. The summed E-state index contributed by atoms with van der Waals surface area (Å²) in [5, 5.41) is 0. The summed E-state index contributed by atoms with van der Waals surface area (Å²) in [7, 11) is 1.57. The molecule has 3 nitrogen and oxygen atoms in total. The Kier molecular flexibility index (Phi) is 5.85. The zero-order chi connectivity index (χ0) is 17.0. The SMILES string of the molecule is CN(CC1CCCCC1)C(=O)COc1c(F)c(F)cc(F)c1F. The van der Waals surface area contributed by atoms with Gasteiger partial charge in [0.05, 0.1) is 0 Å². The number of hydrogen-bond donors (Lipinski definition) is 0. The van der Waals surface area contributed by atoms with Gasteiger partial charge in [-0.05, 0) is 18.8 Å². The number of carbonyl (C=O) groups is 1. The van der Waals surface area contributed by atoms with E-state index >= 15 is 0 Å². The molecule has 1 aliphatic carbocycles. The van der Waals surface area contributed by atoms with Crippen LogP contribution in [-0.4, -0.2) is 31.0 Å². The van der Waals surface area contributed by atoms with Crippen molar-refractivity contribution >= 4 is 5.91 Å². The average molecular weight is 333 g/mol. The molecule has 0 bridgehead atoms. The summed E-state index contributed by atoms with van der Waals surface area (Å²) in [6, 6.07) is 0.0918. The highest BCUT2D eigenvalue weighted by molar-refractivity contribution is 5.77. The highest BCUT2D eigenvalue weighted by atomic mass is 19.2. The Balaban J connectivity index is 1.93. The Bertz CT molecular complexity index is 547. The van der Waals surface area contributed by atoms with Gasteiger partial charge in [0.15, 0.2) is 24.0 Å². The van der Waals surface area contributed by atoms with Gasteiger partial charge in [-0.3, -0.25) is 4.79 Å². The summed E-state index contributed by atoms with van der Waals surface area (Å²) in [6.45, 7) is -0.148. The molecule has 128 valence electrons. The zero-order valence-electron chi connectivity index (χ0n) is 12.9. The molecule has 0 radical (unpaired) electrons. The first-order valence-electron chi connectivity index (χ1n) is 7.60. The molecule has 1 aromatic carbocycles. The van der Waals surface area contributed by atoms with Crippen molar-refractivity contribution in [2.24, 2.45) is 5.92 Å². The minimum Gasteiger partial charge on any atom is -0.477 e. The minimum atomic E-state index is -1.65. The van der Waals surface area contributed by atoms with Crippen molar-refractivity contribution < 1.29 is 27.1 Å². The van der Waals surface area contributed by atoms with Crippen molar-refractivity contribution in [3.8, 4) is 5.75 Å². The quantitative estimate of drug-likeness (QED) is 0.608. The number of rotatable bonds is 5. The first-order chi connectivity index (χ1) is 10.9. The van der Waals surface area contributed by atoms with Crippen molar-refractivity contribution in [2.75, 3.05) is 20.2 Å². The van der Waals surface area contributed by atoms with Crippen molar-refractivity contribution in [3.63, 3.8) is 0 Å². The Morgan fingerprint density at radius 1 is 1.13 bits per heavy atom. The lowest BCUT2D eigenvalue weighted by Crippen LogP contribution is -2.36. The molecule has 7 heteroatoms. The van der Waals surface area contributed by atoms with E-state index in [9.17, 15) is 22.4 Å². The van der Waals surface area contributed by atoms with E-state index in [1.165, 1.54) is 11.3 Å². The molecule has 1 saturated carbocycles. The predicted octanol–water partition coefficient (Wildman–Crippen LogP) is 3.66. The van der Waals surface area contributed by atoms with Gasteiger partial charge in [-0.25, -0.2) is 8.78 Å². The van der Waals surface area contributed by atoms with E-state index in [-0.39, 0.29) is 6.07 Å². The maximum atomic E-state index is 13.4. The monoisotopic (exact) mass is 333 g/mol. The number of likely N-dealkylation sites (N-methyl/N-ethyl adjacent to an activating group) is 1. The summed E-state index contributed by atoms with van der Waals surface area (Å²) in [4.78, 5) is 13.4. The topological polar surface area (TPSA) is 29.5 Å². The van der Waals surface area contributed by atoms with Crippen LogP contribution in [0.25, 0.3) is 0 Å². The van der Waals surface area contributed by atoms with Gasteiger partial charge in [0.25, 0.3) is 5.91 Å². The fraction of sp³-hybridized carbons (Fsp3) is 0.562. The number of amides is 1. The second-order valence-electron chi connectivity index (χ2n) is 5.86. The molecule has 0 unspecified atom stereocenters. The van der Waals surface area contributed by atoms with Crippen molar-refractivity contribution in [1.29, 1.82) is 0 Å². The molecule has 1 aromatic rings. The molecule has 1 aliphatic rings. The first kappa shape index (κ1) is 17.6. The number of carbonyl (C=O) groups excluding carboxylic acids is 1. The van der Waals surface area contributed by atoms with Crippen LogP contribution in [0, 0.1) is 29.2 Å². The van der Waals surface area contributed by atoms with Crippen molar-refractivity contribution in [3.05, 3.63) is 29.3 Å². The normalized spacial score (nSPS) is 15.5. The smallest absolute Gasteiger partial charge is 0.260 e. The standard InChI is InChI=1S/C16H19F4NO2/c1-21(8-10-5-3-2-4-6-10)13(22)9-23-16-14(19)11(17)7-12(18)15(16)20/h7,10H,2-6,8-9H2,1H3. The van der Waals surface area contributed by atoms with E-state index in [1.54, 1.807) is 7.05 Å². The molecule has 0 aliphatic heterocycles. The lowest BCUT2D eigenvalue weighted by Gasteiger charge is -2.27. The average Bonchev–Trinajstić information content (AvgIpc) is 2.53. The van der Waals surface area contributed by atoms with Crippen LogP contribution >= 0.6 is 0 Å². The second kappa shape index (κ2) is 7.66. The molecule has 2 rings (SSSR count). The van der Waals surface area contributed by atoms with Gasteiger partial charge < -0.3 is 9.64 Å². The lowest BCUT2D eigenvalue weighted by atomic mass is 9.89. The van der Waals surface area contributed by atoms with Crippen molar-refractivity contribution in [2.45, 2.75) is 32.1 Å². The number of hydrogen-bond acceptors (Lipinski definition) is 2. The third-order valence-electron chi connectivity index (χ3n) is 4.09. The Morgan fingerprint density at radius 2 is 1.70 bits per heavy atom. The molecular formula is C16H19F4NO2. The highest BCUT2D eigenvalue weighted by Crippen LogP contribution is 2.27. The molecular weight excluding hydrogens is 314 g/mol. The van der Waals surface area contributed by atoms with Gasteiger partial charge in [0, 0.05) is 19.7 Å². The summed E-state index contributed by atoms with van der Waals surface area (Å²) < 4.78 is 57.7. The van der Waals surface area contributed by atoms with E-state index in [2.05, 4.69) is 4.74 Å². The molecule has 0 spiro atoms. The Labute approximate surface area is 132 Å². The molecule has 1 amide bonds. The summed E-state index contributed by atoms with van der Waals surface area (Å²) in [6.07, 6.45) is 5.53. The number of halogens is 4. The van der Waals surface area contributed by atoms with Crippen LogP contribution in [-0.2, 0) is 4.79 Å². The highest BCUT2D eigenvalue weighted by Gasteiger charge is 2.23. The molecule has 23 heavy (non-hydrogen) atoms. The molecule has 1 fully saturated rings.